The van der Waals surface area contributed by atoms with Gasteiger partial charge in [-0.2, -0.15) is 0 Å². The predicted molar refractivity (Wildman–Crippen MR) is 153 cm³/mol. The summed E-state index contributed by atoms with van der Waals surface area (Å²) in [6, 6.07) is 0. The van der Waals surface area contributed by atoms with Crippen molar-refractivity contribution in [3.63, 3.8) is 0 Å². The number of aliphatic imine (C=N–C) groups is 2. The highest BCUT2D eigenvalue weighted by atomic mass is 16.1. The van der Waals surface area contributed by atoms with Crippen molar-refractivity contribution in [2.45, 2.75) is 92.9 Å². The average molecular weight is 518 g/mol. The number of hydrogen-bond donors (Lipinski definition) is 1. The average Bonchev–Trinajstić information content (AvgIpc) is 3.33. The Kier molecular flexibility index (Phi) is 5.93. The smallest absolute Gasteiger partial charge is 0.161 e. The van der Waals surface area contributed by atoms with E-state index in [1.807, 2.05) is 6.92 Å². The van der Waals surface area contributed by atoms with E-state index in [1.165, 1.54) is 17.7 Å². The highest BCUT2D eigenvalue weighted by Crippen LogP contribution is 2.69. The zero-order valence-corrected chi connectivity index (χ0v) is 24.4. The molecule has 3 fully saturated rings. The van der Waals surface area contributed by atoms with E-state index in [1.54, 1.807) is 0 Å². The van der Waals surface area contributed by atoms with E-state index in [0.29, 0.717) is 30.7 Å². The minimum Gasteiger partial charge on any atom is -0.330 e. The number of ketones is 2. The maximum atomic E-state index is 14.4. The van der Waals surface area contributed by atoms with E-state index in [2.05, 4.69) is 46.8 Å². The summed E-state index contributed by atoms with van der Waals surface area (Å²) in [5.41, 5.74) is 9.26. The molecule has 3 saturated carbocycles. The quantitative estimate of drug-likeness (QED) is 0.489. The third-order valence-electron chi connectivity index (χ3n) is 12.4. The zero-order chi connectivity index (χ0) is 27.3. The van der Waals surface area contributed by atoms with Crippen molar-refractivity contribution in [3.05, 3.63) is 23.3 Å². The lowest BCUT2D eigenvalue weighted by Gasteiger charge is -2.64. The molecule has 6 aliphatic rings. The van der Waals surface area contributed by atoms with Crippen molar-refractivity contribution in [1.29, 1.82) is 0 Å². The van der Waals surface area contributed by atoms with Crippen molar-refractivity contribution >= 4 is 23.1 Å². The third-order valence-corrected chi connectivity index (χ3v) is 12.4. The molecule has 0 aromatic carbocycles. The van der Waals surface area contributed by atoms with Crippen LogP contribution in [0.4, 0.5) is 0 Å². The number of fused-ring (bicyclic) bond motifs is 7. The van der Waals surface area contributed by atoms with Crippen LogP contribution in [0.2, 0.25) is 0 Å². The highest BCUT2D eigenvalue weighted by molar-refractivity contribution is 6.07. The second kappa shape index (κ2) is 8.56. The summed E-state index contributed by atoms with van der Waals surface area (Å²) in [4.78, 5) is 37.2. The lowest BCUT2D eigenvalue weighted by atomic mass is 9.39. The molecule has 0 saturated heterocycles. The number of nitrogens with two attached hydrogens (primary N) is 1. The molecule has 0 aromatic rings. The lowest BCUT2D eigenvalue weighted by Crippen LogP contribution is -2.61. The molecule has 8 unspecified atom stereocenters. The number of hydrogen-bond acceptors (Lipinski definition) is 5. The monoisotopic (exact) mass is 517 g/mol. The Bertz CT molecular complexity index is 1210. The van der Waals surface area contributed by atoms with Crippen LogP contribution in [0.15, 0.2) is 33.3 Å². The minimum atomic E-state index is -0.216. The standard InChI is InChI=1S/C33H47N3O2/c1-19-16-32(6)21(20(2)29(19)38)7-10-31(5)22-8-11-33(26-18-35-27(36-26)9-14-34)13-12-30(3,4)17-23(33)28(22)24(37)15-25(31)32/h15-16,20-23,28H,7-14,17-18,34H2,1-6H3. The van der Waals surface area contributed by atoms with Crippen molar-refractivity contribution in [2.75, 3.05) is 13.1 Å². The Hall–Kier alpha value is -1.88. The van der Waals surface area contributed by atoms with E-state index in [4.69, 9.17) is 15.7 Å². The molecule has 6 rings (SSSR count). The van der Waals surface area contributed by atoms with Crippen molar-refractivity contribution in [1.82, 2.24) is 0 Å². The van der Waals surface area contributed by atoms with Gasteiger partial charge in [-0.25, -0.2) is 4.99 Å². The molecule has 0 bridgehead atoms. The second-order valence-electron chi connectivity index (χ2n) is 14.9. The molecule has 1 aliphatic heterocycles. The van der Waals surface area contributed by atoms with Gasteiger partial charge in [0, 0.05) is 34.8 Å². The first kappa shape index (κ1) is 26.3. The molecule has 5 nitrogen and oxygen atoms in total. The van der Waals surface area contributed by atoms with E-state index in [0.717, 1.165) is 56.4 Å². The lowest BCUT2D eigenvalue weighted by molar-refractivity contribution is -0.139. The number of carbonyl (C=O) groups is 2. The maximum Gasteiger partial charge on any atom is 0.161 e. The van der Waals surface area contributed by atoms with Gasteiger partial charge in [-0.1, -0.05) is 46.3 Å². The van der Waals surface area contributed by atoms with Gasteiger partial charge in [0.2, 0.25) is 0 Å². The van der Waals surface area contributed by atoms with E-state index < -0.39 is 0 Å². The Labute approximate surface area is 228 Å². The molecule has 38 heavy (non-hydrogen) atoms. The molecule has 5 aliphatic carbocycles. The molecule has 2 N–H and O–H groups in total. The minimum absolute atomic E-state index is 0.00679. The Morgan fingerprint density at radius 3 is 2.47 bits per heavy atom. The molecule has 1 heterocycles. The molecule has 8 atom stereocenters. The van der Waals surface area contributed by atoms with Gasteiger partial charge in [0.1, 0.15) is 5.84 Å². The summed E-state index contributed by atoms with van der Waals surface area (Å²) < 4.78 is 0. The van der Waals surface area contributed by atoms with Gasteiger partial charge in [-0.05, 0) is 98.6 Å². The maximum absolute atomic E-state index is 14.4. The third kappa shape index (κ3) is 3.52. The number of Topliss-reactive ketones (excluding diaryl/α,β-unsaturated/α-hetero) is 1. The van der Waals surface area contributed by atoms with Crippen molar-refractivity contribution in [3.8, 4) is 0 Å². The molecule has 0 amide bonds. The number of amidine groups is 1. The summed E-state index contributed by atoms with van der Waals surface area (Å²) >= 11 is 0. The first-order valence-electron chi connectivity index (χ1n) is 15.2. The van der Waals surface area contributed by atoms with Gasteiger partial charge in [-0.15, -0.1) is 0 Å². The molecule has 0 radical (unpaired) electrons. The molecular formula is C33H47N3O2. The van der Waals surface area contributed by atoms with Crippen LogP contribution in [-0.2, 0) is 9.59 Å². The van der Waals surface area contributed by atoms with Crippen LogP contribution in [0, 0.1) is 51.2 Å². The number of allylic oxidation sites excluding steroid dienone is 4. The summed E-state index contributed by atoms with van der Waals surface area (Å²) in [5, 5.41) is 0. The van der Waals surface area contributed by atoms with Gasteiger partial charge in [0.25, 0.3) is 0 Å². The van der Waals surface area contributed by atoms with Crippen molar-refractivity contribution in [2.24, 2.45) is 67.0 Å². The second-order valence-corrected chi connectivity index (χ2v) is 14.9. The van der Waals surface area contributed by atoms with Crippen LogP contribution in [0.3, 0.4) is 0 Å². The molecule has 0 spiro atoms. The van der Waals surface area contributed by atoms with E-state index in [-0.39, 0.29) is 45.2 Å². The fourth-order valence-electron chi connectivity index (χ4n) is 10.5. The van der Waals surface area contributed by atoms with Crippen LogP contribution >= 0.6 is 0 Å². The topological polar surface area (TPSA) is 84.9 Å². The molecule has 0 aromatic heterocycles. The molecule has 5 heteroatoms. The van der Waals surface area contributed by atoms with Gasteiger partial charge >= 0.3 is 0 Å². The van der Waals surface area contributed by atoms with Crippen LogP contribution in [-0.4, -0.2) is 36.2 Å². The van der Waals surface area contributed by atoms with E-state index >= 15 is 0 Å². The van der Waals surface area contributed by atoms with Gasteiger partial charge in [-0.3, -0.25) is 14.6 Å². The normalized spacial score (nSPS) is 45.6. The first-order valence-corrected chi connectivity index (χ1v) is 15.2. The Balaban J connectivity index is 1.44. The number of carbonyl (C=O) groups excluding carboxylic acids is 2. The fourth-order valence-corrected chi connectivity index (χ4v) is 10.5. The largest absolute Gasteiger partial charge is 0.330 e. The van der Waals surface area contributed by atoms with E-state index in [9.17, 15) is 9.59 Å². The van der Waals surface area contributed by atoms with Gasteiger partial charge < -0.3 is 5.73 Å². The fraction of sp³-hybridized carbons (Fsp3) is 0.758. The van der Waals surface area contributed by atoms with Crippen LogP contribution < -0.4 is 5.73 Å². The number of rotatable bonds is 3. The summed E-state index contributed by atoms with van der Waals surface area (Å²) in [6.07, 6.45) is 12.7. The highest BCUT2D eigenvalue weighted by Gasteiger charge is 2.65. The first-order chi connectivity index (χ1) is 17.9. The van der Waals surface area contributed by atoms with Crippen LogP contribution in [0.25, 0.3) is 0 Å². The predicted octanol–water partition coefficient (Wildman–Crippen LogP) is 6.12. The van der Waals surface area contributed by atoms with Gasteiger partial charge in [0.15, 0.2) is 11.6 Å². The SMILES string of the molecule is CC1=CC2(C)C3=CC(=O)C4C(CCC5(C6=NC(CCN)=NC6)CCC(C)(C)CC45)C3(C)CCC2C(C)C1=O. The molecular weight excluding hydrogens is 470 g/mol. The number of nitrogens with zero attached hydrogens (tertiary/aromatic N) is 2. The van der Waals surface area contributed by atoms with Crippen molar-refractivity contribution < 1.29 is 9.59 Å². The summed E-state index contributed by atoms with van der Waals surface area (Å²) in [6.45, 7) is 14.9. The Morgan fingerprint density at radius 2 is 1.74 bits per heavy atom. The molecule has 206 valence electrons. The van der Waals surface area contributed by atoms with Crippen LogP contribution in [0.5, 0.6) is 0 Å². The summed E-state index contributed by atoms with van der Waals surface area (Å²) in [5.74, 6) is 2.55. The van der Waals surface area contributed by atoms with Gasteiger partial charge in [0.05, 0.1) is 6.54 Å². The Morgan fingerprint density at radius 1 is 1.00 bits per heavy atom. The summed E-state index contributed by atoms with van der Waals surface area (Å²) in [7, 11) is 0. The van der Waals surface area contributed by atoms with Crippen LogP contribution in [0.1, 0.15) is 92.9 Å². The zero-order valence-electron chi connectivity index (χ0n) is 24.4.